The molecule has 0 spiro atoms. The lowest BCUT2D eigenvalue weighted by Gasteiger charge is -2.15. The lowest BCUT2D eigenvalue weighted by molar-refractivity contribution is -0.122. The molecule has 2 N–H and O–H groups in total. The lowest BCUT2D eigenvalue weighted by Crippen LogP contribution is -2.27. The minimum atomic E-state index is -0.429. The van der Waals surface area contributed by atoms with Crippen LogP contribution in [0.4, 0.5) is 0 Å². The number of amides is 1. The molecule has 1 aromatic carbocycles. The number of nitrogens with one attached hydrogen (secondary N) is 1. The fourth-order valence-electron chi connectivity index (χ4n) is 1.51. The average molecular weight is 300 g/mol. The molecule has 0 heterocycles. The number of rotatable bonds is 5. The molecule has 0 saturated carbocycles. The van der Waals surface area contributed by atoms with Gasteiger partial charge in [0.25, 0.3) is 0 Å². The van der Waals surface area contributed by atoms with Gasteiger partial charge in [-0.15, -0.1) is 0 Å². The Balaban J connectivity index is 2.48. The molecule has 17 heavy (non-hydrogen) atoms. The van der Waals surface area contributed by atoms with E-state index in [9.17, 15) is 4.79 Å². The SMILES string of the molecule is CC(O)CCC(=O)N[C@H](C)c1cccc(Br)c1. The quantitative estimate of drug-likeness (QED) is 0.878. The van der Waals surface area contributed by atoms with E-state index >= 15 is 0 Å². The topological polar surface area (TPSA) is 49.3 Å². The molecule has 4 heteroatoms. The van der Waals surface area contributed by atoms with Gasteiger partial charge in [0.1, 0.15) is 0 Å². The molecule has 1 amide bonds. The second-order valence-corrected chi connectivity index (χ2v) is 5.15. The van der Waals surface area contributed by atoms with E-state index < -0.39 is 6.10 Å². The largest absolute Gasteiger partial charge is 0.393 e. The van der Waals surface area contributed by atoms with Crippen molar-refractivity contribution in [1.29, 1.82) is 0 Å². The smallest absolute Gasteiger partial charge is 0.220 e. The van der Waals surface area contributed by atoms with Crippen molar-refractivity contribution in [2.45, 2.75) is 38.8 Å². The van der Waals surface area contributed by atoms with Gasteiger partial charge in [-0.2, -0.15) is 0 Å². The molecule has 0 aliphatic rings. The summed E-state index contributed by atoms with van der Waals surface area (Å²) in [6.07, 6.45) is 0.425. The molecule has 3 nitrogen and oxygen atoms in total. The third-order valence-corrected chi connectivity index (χ3v) is 3.01. The first kappa shape index (κ1) is 14.2. The highest BCUT2D eigenvalue weighted by Gasteiger charge is 2.10. The van der Waals surface area contributed by atoms with Crippen LogP contribution in [-0.4, -0.2) is 17.1 Å². The zero-order valence-electron chi connectivity index (χ0n) is 10.1. The number of hydrogen-bond acceptors (Lipinski definition) is 2. The van der Waals surface area contributed by atoms with Gasteiger partial charge >= 0.3 is 0 Å². The van der Waals surface area contributed by atoms with Crippen LogP contribution in [0.15, 0.2) is 28.7 Å². The Morgan fingerprint density at radius 1 is 1.47 bits per heavy atom. The van der Waals surface area contributed by atoms with Gasteiger partial charge in [-0.25, -0.2) is 0 Å². The number of benzene rings is 1. The van der Waals surface area contributed by atoms with Gasteiger partial charge in [-0.05, 0) is 38.0 Å². The van der Waals surface area contributed by atoms with Crippen LogP contribution in [0.25, 0.3) is 0 Å². The summed E-state index contributed by atoms with van der Waals surface area (Å²) >= 11 is 3.40. The van der Waals surface area contributed by atoms with Gasteiger partial charge in [-0.1, -0.05) is 28.1 Å². The minimum absolute atomic E-state index is 0.0194. The van der Waals surface area contributed by atoms with Crippen LogP contribution in [0.2, 0.25) is 0 Å². The van der Waals surface area contributed by atoms with Gasteiger partial charge in [0.2, 0.25) is 5.91 Å². The van der Waals surface area contributed by atoms with E-state index in [1.54, 1.807) is 6.92 Å². The van der Waals surface area contributed by atoms with Crippen molar-refractivity contribution in [2.24, 2.45) is 0 Å². The molecular formula is C13H18BrNO2. The zero-order chi connectivity index (χ0) is 12.8. The summed E-state index contributed by atoms with van der Waals surface area (Å²) in [6, 6.07) is 7.84. The van der Waals surface area contributed by atoms with Crippen molar-refractivity contribution in [3.05, 3.63) is 34.3 Å². The van der Waals surface area contributed by atoms with Gasteiger partial charge in [-0.3, -0.25) is 4.79 Å². The third-order valence-electron chi connectivity index (χ3n) is 2.52. The Bertz CT molecular complexity index is 379. The number of aliphatic hydroxyl groups excluding tert-OH is 1. The summed E-state index contributed by atoms with van der Waals surface area (Å²) in [7, 11) is 0. The molecule has 0 aliphatic heterocycles. The van der Waals surface area contributed by atoms with Gasteiger partial charge in [0.05, 0.1) is 12.1 Å². The van der Waals surface area contributed by atoms with Crippen molar-refractivity contribution >= 4 is 21.8 Å². The molecule has 1 aromatic rings. The van der Waals surface area contributed by atoms with Gasteiger partial charge < -0.3 is 10.4 Å². The number of halogens is 1. The van der Waals surface area contributed by atoms with Crippen LogP contribution in [0.3, 0.4) is 0 Å². The molecular weight excluding hydrogens is 282 g/mol. The van der Waals surface area contributed by atoms with Gasteiger partial charge in [0.15, 0.2) is 0 Å². The van der Waals surface area contributed by atoms with Crippen LogP contribution in [0, 0.1) is 0 Å². The molecule has 2 atom stereocenters. The Kier molecular flexibility index (Phi) is 5.65. The molecule has 0 bridgehead atoms. The molecule has 1 rings (SSSR count). The van der Waals surface area contributed by atoms with Crippen LogP contribution in [-0.2, 0) is 4.79 Å². The second-order valence-electron chi connectivity index (χ2n) is 4.23. The summed E-state index contributed by atoms with van der Waals surface area (Å²) in [5.41, 5.74) is 1.06. The molecule has 0 saturated heterocycles. The standard InChI is InChI=1S/C13H18BrNO2/c1-9(16)6-7-13(17)15-10(2)11-4-3-5-12(14)8-11/h3-5,8-10,16H,6-7H2,1-2H3,(H,15,17)/t9?,10-/m1/s1. The van der Waals surface area contributed by atoms with Crippen molar-refractivity contribution < 1.29 is 9.90 Å². The Labute approximate surface area is 110 Å². The van der Waals surface area contributed by atoms with E-state index in [2.05, 4.69) is 21.2 Å². The van der Waals surface area contributed by atoms with Crippen molar-refractivity contribution in [2.75, 3.05) is 0 Å². The first-order chi connectivity index (χ1) is 7.99. The van der Waals surface area contributed by atoms with E-state index in [1.807, 2.05) is 31.2 Å². The van der Waals surface area contributed by atoms with Crippen molar-refractivity contribution in [3.63, 3.8) is 0 Å². The van der Waals surface area contributed by atoms with Gasteiger partial charge in [0, 0.05) is 10.9 Å². The van der Waals surface area contributed by atoms with Crippen LogP contribution < -0.4 is 5.32 Å². The highest BCUT2D eigenvalue weighted by Crippen LogP contribution is 2.17. The van der Waals surface area contributed by atoms with E-state index in [1.165, 1.54) is 0 Å². The molecule has 0 aliphatic carbocycles. The number of aliphatic hydroxyl groups is 1. The van der Waals surface area contributed by atoms with Crippen molar-refractivity contribution in [3.8, 4) is 0 Å². The maximum absolute atomic E-state index is 11.6. The third kappa shape index (κ3) is 5.33. The first-order valence-corrected chi connectivity index (χ1v) is 6.51. The first-order valence-electron chi connectivity index (χ1n) is 5.72. The fourth-order valence-corrected chi connectivity index (χ4v) is 1.93. The summed E-state index contributed by atoms with van der Waals surface area (Å²) in [5, 5.41) is 12.0. The maximum atomic E-state index is 11.6. The summed E-state index contributed by atoms with van der Waals surface area (Å²) in [4.78, 5) is 11.6. The Morgan fingerprint density at radius 2 is 2.18 bits per heavy atom. The van der Waals surface area contributed by atoms with Crippen LogP contribution >= 0.6 is 15.9 Å². The fraction of sp³-hybridized carbons (Fsp3) is 0.462. The molecule has 0 fully saturated rings. The number of carbonyl (C=O) groups is 1. The molecule has 1 unspecified atom stereocenters. The maximum Gasteiger partial charge on any atom is 0.220 e. The second kappa shape index (κ2) is 6.77. The average Bonchev–Trinajstić information content (AvgIpc) is 2.26. The van der Waals surface area contributed by atoms with Crippen LogP contribution in [0.1, 0.15) is 38.3 Å². The van der Waals surface area contributed by atoms with E-state index in [-0.39, 0.29) is 11.9 Å². The molecule has 0 radical (unpaired) electrons. The summed E-state index contributed by atoms with van der Waals surface area (Å²) < 4.78 is 1.00. The Hall–Kier alpha value is -0.870. The van der Waals surface area contributed by atoms with Crippen LogP contribution in [0.5, 0.6) is 0 Å². The highest BCUT2D eigenvalue weighted by molar-refractivity contribution is 9.10. The number of hydrogen-bond donors (Lipinski definition) is 2. The lowest BCUT2D eigenvalue weighted by atomic mass is 10.1. The minimum Gasteiger partial charge on any atom is -0.393 e. The predicted molar refractivity (Wildman–Crippen MR) is 71.6 cm³/mol. The number of carbonyl (C=O) groups excluding carboxylic acids is 1. The highest BCUT2D eigenvalue weighted by atomic mass is 79.9. The summed E-state index contributed by atoms with van der Waals surface area (Å²) in [5.74, 6) is -0.0293. The zero-order valence-corrected chi connectivity index (χ0v) is 11.7. The van der Waals surface area contributed by atoms with E-state index in [4.69, 9.17) is 5.11 Å². The summed E-state index contributed by atoms with van der Waals surface area (Å²) in [6.45, 7) is 3.63. The monoisotopic (exact) mass is 299 g/mol. The Morgan fingerprint density at radius 3 is 2.76 bits per heavy atom. The molecule has 0 aromatic heterocycles. The van der Waals surface area contributed by atoms with Crippen molar-refractivity contribution in [1.82, 2.24) is 5.32 Å². The molecule has 94 valence electrons. The van der Waals surface area contributed by atoms with E-state index in [0.29, 0.717) is 12.8 Å². The predicted octanol–water partition coefficient (Wildman–Crippen LogP) is 2.79. The normalized spacial score (nSPS) is 14.1. The van der Waals surface area contributed by atoms with E-state index in [0.717, 1.165) is 10.0 Å².